The summed E-state index contributed by atoms with van der Waals surface area (Å²) in [6.45, 7) is 11.2. The Balaban J connectivity index is 3.51. The number of hydrogen-bond acceptors (Lipinski definition) is 2. The van der Waals surface area contributed by atoms with E-state index in [2.05, 4.69) is 25.7 Å². The maximum Gasteiger partial charge on any atom is 0.0587 e. The molecule has 0 rings (SSSR count). The highest BCUT2D eigenvalue weighted by molar-refractivity contribution is 4.88. The zero-order valence-electron chi connectivity index (χ0n) is 8.43. The van der Waals surface area contributed by atoms with E-state index in [-0.39, 0.29) is 12.6 Å². The Kier molecular flexibility index (Phi) is 6.03. The van der Waals surface area contributed by atoms with Crippen molar-refractivity contribution < 1.29 is 5.11 Å². The molecule has 0 aromatic rings. The summed E-state index contributed by atoms with van der Waals surface area (Å²) in [5.74, 6) is 0.486. The van der Waals surface area contributed by atoms with Crippen molar-refractivity contribution >= 4 is 0 Å². The fraction of sp³-hybridized carbons (Fsp3) is 0.800. The molecule has 2 nitrogen and oxygen atoms in total. The maximum atomic E-state index is 8.98. The van der Waals surface area contributed by atoms with E-state index in [1.54, 1.807) is 0 Å². The van der Waals surface area contributed by atoms with Crippen LogP contribution in [0, 0.1) is 5.92 Å². The van der Waals surface area contributed by atoms with Gasteiger partial charge in [-0.25, -0.2) is 0 Å². The van der Waals surface area contributed by atoms with E-state index >= 15 is 0 Å². The van der Waals surface area contributed by atoms with Gasteiger partial charge in [0.25, 0.3) is 0 Å². The van der Waals surface area contributed by atoms with E-state index in [1.165, 1.54) is 5.57 Å². The molecule has 0 radical (unpaired) electrons. The van der Waals surface area contributed by atoms with E-state index in [9.17, 15) is 0 Å². The first-order valence-corrected chi connectivity index (χ1v) is 4.56. The fourth-order valence-electron chi connectivity index (χ4n) is 0.982. The highest BCUT2D eigenvalue weighted by atomic mass is 16.3. The molecule has 12 heavy (non-hydrogen) atoms. The third-order valence-corrected chi connectivity index (χ3v) is 1.96. The lowest BCUT2D eigenvalue weighted by Crippen LogP contribution is -2.37. The Morgan fingerprint density at radius 2 is 2.08 bits per heavy atom. The van der Waals surface area contributed by atoms with Gasteiger partial charge in [0.05, 0.1) is 6.61 Å². The Hall–Kier alpha value is -0.340. The van der Waals surface area contributed by atoms with Crippen LogP contribution in [0.5, 0.6) is 0 Å². The highest BCUT2D eigenvalue weighted by Gasteiger charge is 2.09. The van der Waals surface area contributed by atoms with Crippen LogP contribution < -0.4 is 5.32 Å². The first-order valence-electron chi connectivity index (χ1n) is 4.56. The van der Waals surface area contributed by atoms with Gasteiger partial charge in [0.15, 0.2) is 0 Å². The first kappa shape index (κ1) is 11.7. The molecule has 1 atom stereocenters. The van der Waals surface area contributed by atoms with Gasteiger partial charge >= 0.3 is 0 Å². The van der Waals surface area contributed by atoms with Gasteiger partial charge in [-0.2, -0.15) is 0 Å². The zero-order valence-corrected chi connectivity index (χ0v) is 8.43. The molecule has 0 aromatic carbocycles. The third-order valence-electron chi connectivity index (χ3n) is 1.96. The SMILES string of the molecule is C=C(C)CCNC(CO)C(C)C. The minimum atomic E-state index is 0.216. The third kappa shape index (κ3) is 5.33. The quantitative estimate of drug-likeness (QED) is 0.594. The van der Waals surface area contributed by atoms with Crippen molar-refractivity contribution in [2.24, 2.45) is 5.92 Å². The van der Waals surface area contributed by atoms with Crippen LogP contribution in [-0.4, -0.2) is 24.3 Å². The molecule has 0 aliphatic carbocycles. The van der Waals surface area contributed by atoms with Crippen LogP contribution in [0.15, 0.2) is 12.2 Å². The maximum absolute atomic E-state index is 8.98. The molecule has 0 amide bonds. The second kappa shape index (κ2) is 6.21. The molecule has 2 N–H and O–H groups in total. The predicted octanol–water partition coefficient (Wildman–Crippen LogP) is 1.56. The van der Waals surface area contributed by atoms with Crippen LogP contribution >= 0.6 is 0 Å². The van der Waals surface area contributed by atoms with Gasteiger partial charge in [-0.05, 0) is 25.8 Å². The smallest absolute Gasteiger partial charge is 0.0587 e. The van der Waals surface area contributed by atoms with E-state index < -0.39 is 0 Å². The van der Waals surface area contributed by atoms with E-state index in [0.29, 0.717) is 5.92 Å². The minimum Gasteiger partial charge on any atom is -0.395 e. The van der Waals surface area contributed by atoms with Crippen LogP contribution in [-0.2, 0) is 0 Å². The average Bonchev–Trinajstić information content (AvgIpc) is 1.96. The summed E-state index contributed by atoms with van der Waals surface area (Å²) < 4.78 is 0. The predicted molar refractivity (Wildman–Crippen MR) is 53.1 cm³/mol. The first-order chi connectivity index (χ1) is 5.57. The van der Waals surface area contributed by atoms with E-state index in [0.717, 1.165) is 13.0 Å². The van der Waals surface area contributed by atoms with E-state index in [4.69, 9.17) is 5.11 Å². The van der Waals surface area contributed by atoms with Crippen LogP contribution in [0.4, 0.5) is 0 Å². The second-order valence-corrected chi connectivity index (χ2v) is 3.69. The summed E-state index contributed by atoms with van der Waals surface area (Å²) in [4.78, 5) is 0. The lowest BCUT2D eigenvalue weighted by atomic mass is 10.1. The molecule has 0 aliphatic rings. The van der Waals surface area contributed by atoms with Crippen LogP contribution in [0.25, 0.3) is 0 Å². The Morgan fingerprint density at radius 1 is 1.50 bits per heavy atom. The summed E-state index contributed by atoms with van der Waals surface area (Å²) in [5, 5.41) is 12.3. The lowest BCUT2D eigenvalue weighted by molar-refractivity contribution is 0.212. The van der Waals surface area contributed by atoms with Gasteiger partial charge < -0.3 is 10.4 Å². The molecule has 2 heteroatoms. The number of aliphatic hydroxyl groups excluding tert-OH is 1. The van der Waals surface area contributed by atoms with Crippen LogP contribution in [0.3, 0.4) is 0 Å². The standard InChI is InChI=1S/C10H21NO/c1-8(2)5-6-11-10(7-12)9(3)4/h9-12H,1,5-7H2,2-4H3. The number of aliphatic hydroxyl groups is 1. The number of rotatable bonds is 6. The molecule has 0 saturated carbocycles. The van der Waals surface area contributed by atoms with Crippen LogP contribution in [0.2, 0.25) is 0 Å². The summed E-state index contributed by atoms with van der Waals surface area (Å²) >= 11 is 0. The second-order valence-electron chi connectivity index (χ2n) is 3.69. The summed E-state index contributed by atoms with van der Waals surface area (Å²) in [5.41, 5.74) is 1.18. The monoisotopic (exact) mass is 171 g/mol. The van der Waals surface area contributed by atoms with Gasteiger partial charge in [-0.1, -0.05) is 19.4 Å². The largest absolute Gasteiger partial charge is 0.395 e. The van der Waals surface area contributed by atoms with Crippen molar-refractivity contribution in [1.29, 1.82) is 0 Å². The molecule has 0 spiro atoms. The zero-order chi connectivity index (χ0) is 9.56. The van der Waals surface area contributed by atoms with Crippen molar-refractivity contribution in [1.82, 2.24) is 5.32 Å². The highest BCUT2D eigenvalue weighted by Crippen LogP contribution is 2.01. The molecule has 0 saturated heterocycles. The summed E-state index contributed by atoms with van der Waals surface area (Å²) in [6, 6.07) is 0.226. The summed E-state index contributed by atoms with van der Waals surface area (Å²) in [6.07, 6.45) is 0.989. The lowest BCUT2D eigenvalue weighted by Gasteiger charge is -2.19. The topological polar surface area (TPSA) is 32.3 Å². The normalized spacial score (nSPS) is 13.4. The van der Waals surface area contributed by atoms with Gasteiger partial charge in [0.2, 0.25) is 0 Å². The van der Waals surface area contributed by atoms with Crippen molar-refractivity contribution in [2.45, 2.75) is 33.2 Å². The molecular formula is C10H21NO. The average molecular weight is 171 g/mol. The van der Waals surface area contributed by atoms with Crippen molar-refractivity contribution in [3.63, 3.8) is 0 Å². The molecule has 1 unspecified atom stereocenters. The molecule has 0 bridgehead atoms. The number of hydrogen-bond donors (Lipinski definition) is 2. The molecule has 72 valence electrons. The van der Waals surface area contributed by atoms with Gasteiger partial charge in [0.1, 0.15) is 0 Å². The van der Waals surface area contributed by atoms with Gasteiger partial charge in [-0.15, -0.1) is 6.58 Å². The van der Waals surface area contributed by atoms with Crippen molar-refractivity contribution in [3.05, 3.63) is 12.2 Å². The van der Waals surface area contributed by atoms with Gasteiger partial charge in [0, 0.05) is 6.04 Å². The van der Waals surface area contributed by atoms with Crippen molar-refractivity contribution in [3.8, 4) is 0 Å². The summed E-state index contributed by atoms with van der Waals surface area (Å²) in [7, 11) is 0. The molecule has 0 heterocycles. The van der Waals surface area contributed by atoms with Gasteiger partial charge in [-0.3, -0.25) is 0 Å². The van der Waals surface area contributed by atoms with Crippen LogP contribution in [0.1, 0.15) is 27.2 Å². The molecule has 0 aromatic heterocycles. The number of nitrogens with one attached hydrogen (secondary N) is 1. The van der Waals surface area contributed by atoms with Crippen molar-refractivity contribution in [2.75, 3.05) is 13.2 Å². The minimum absolute atomic E-state index is 0.216. The fourth-order valence-corrected chi connectivity index (χ4v) is 0.982. The Bertz CT molecular complexity index is 132. The molecule has 0 aliphatic heterocycles. The van der Waals surface area contributed by atoms with E-state index in [1.807, 2.05) is 6.92 Å². The molecular weight excluding hydrogens is 150 g/mol. The Labute approximate surface area is 75.7 Å². The molecule has 0 fully saturated rings. The Morgan fingerprint density at radius 3 is 2.42 bits per heavy atom.